The molecule has 0 saturated heterocycles. The van der Waals surface area contributed by atoms with E-state index in [4.69, 9.17) is 0 Å². The van der Waals surface area contributed by atoms with E-state index in [1.807, 2.05) is 49.4 Å². The number of aromatic amines is 1. The molecule has 1 unspecified atom stereocenters. The zero-order valence-electron chi connectivity index (χ0n) is 12.7. The van der Waals surface area contributed by atoms with Gasteiger partial charge in [0, 0.05) is 11.6 Å². The summed E-state index contributed by atoms with van der Waals surface area (Å²) in [6, 6.07) is 13.9. The minimum Gasteiger partial charge on any atom is -0.350 e. The Bertz CT molecular complexity index is 911. The molecule has 5 heteroatoms. The van der Waals surface area contributed by atoms with E-state index in [0.717, 1.165) is 27.8 Å². The van der Waals surface area contributed by atoms with Crippen molar-refractivity contribution in [2.45, 2.75) is 13.5 Å². The normalized spacial score (nSPS) is 16.7. The Kier molecular flexibility index (Phi) is 3.19. The van der Waals surface area contributed by atoms with Crippen molar-refractivity contribution >= 4 is 22.5 Å². The number of hydrogen-bond acceptors (Lipinski definition) is 3. The first-order valence-electron chi connectivity index (χ1n) is 7.57. The predicted octanol–water partition coefficient (Wildman–Crippen LogP) is 2.68. The minimum atomic E-state index is -0.107. The standard InChI is InChI=1S/C18H16N4O/c1-11-15(12-6-3-2-4-7-12)16(11)18(23)20-10-14-13-8-5-9-19-17(13)22-21-14/h2-9,16H,10H2,1H3,(H,20,23)(H,19,21,22). The van der Waals surface area contributed by atoms with Gasteiger partial charge in [0.1, 0.15) is 0 Å². The van der Waals surface area contributed by atoms with Gasteiger partial charge < -0.3 is 5.32 Å². The fraction of sp³-hybridized carbons (Fsp3) is 0.167. The second-order valence-corrected chi connectivity index (χ2v) is 5.69. The molecule has 2 N–H and O–H groups in total. The summed E-state index contributed by atoms with van der Waals surface area (Å²) in [5.41, 5.74) is 4.95. The molecular formula is C18H16N4O. The van der Waals surface area contributed by atoms with Crippen molar-refractivity contribution in [1.82, 2.24) is 20.5 Å². The third kappa shape index (κ3) is 2.40. The van der Waals surface area contributed by atoms with Gasteiger partial charge in [-0.1, -0.05) is 35.9 Å². The van der Waals surface area contributed by atoms with E-state index < -0.39 is 0 Å². The lowest BCUT2D eigenvalue weighted by molar-refractivity contribution is -0.121. The van der Waals surface area contributed by atoms with Gasteiger partial charge in [0.25, 0.3) is 0 Å². The van der Waals surface area contributed by atoms with Crippen LogP contribution in [0.1, 0.15) is 18.2 Å². The zero-order chi connectivity index (χ0) is 15.8. The summed E-state index contributed by atoms with van der Waals surface area (Å²) in [6.45, 7) is 2.44. The fourth-order valence-electron chi connectivity index (χ4n) is 2.98. The first-order valence-corrected chi connectivity index (χ1v) is 7.57. The minimum absolute atomic E-state index is 0.0352. The van der Waals surface area contributed by atoms with Crippen molar-refractivity contribution < 1.29 is 4.79 Å². The molecule has 0 saturated carbocycles. The Labute approximate surface area is 133 Å². The molecule has 1 aliphatic rings. The van der Waals surface area contributed by atoms with Crippen LogP contribution in [0.25, 0.3) is 16.6 Å². The topological polar surface area (TPSA) is 70.7 Å². The highest BCUT2D eigenvalue weighted by Crippen LogP contribution is 2.46. The first kappa shape index (κ1) is 13.7. The summed E-state index contributed by atoms with van der Waals surface area (Å²) >= 11 is 0. The highest BCUT2D eigenvalue weighted by molar-refractivity contribution is 6.05. The van der Waals surface area contributed by atoms with Crippen LogP contribution in [0.4, 0.5) is 0 Å². The maximum Gasteiger partial charge on any atom is 0.232 e. The lowest BCUT2D eigenvalue weighted by Crippen LogP contribution is -2.26. The van der Waals surface area contributed by atoms with Crippen molar-refractivity contribution in [2.24, 2.45) is 5.92 Å². The Morgan fingerprint density at radius 3 is 2.87 bits per heavy atom. The average Bonchev–Trinajstić information content (AvgIpc) is 3.10. The van der Waals surface area contributed by atoms with Gasteiger partial charge in [0.15, 0.2) is 5.65 Å². The van der Waals surface area contributed by atoms with Crippen molar-refractivity contribution in [1.29, 1.82) is 0 Å². The van der Waals surface area contributed by atoms with E-state index in [2.05, 4.69) is 20.5 Å². The number of hydrogen-bond donors (Lipinski definition) is 2. The summed E-state index contributed by atoms with van der Waals surface area (Å²) in [7, 11) is 0. The molecule has 0 spiro atoms. The number of pyridine rings is 1. The Morgan fingerprint density at radius 2 is 2.04 bits per heavy atom. The number of nitrogens with one attached hydrogen (secondary N) is 2. The number of fused-ring (bicyclic) bond motifs is 1. The number of carbonyl (C=O) groups is 1. The molecule has 1 aromatic carbocycles. The van der Waals surface area contributed by atoms with E-state index in [9.17, 15) is 4.79 Å². The van der Waals surface area contributed by atoms with Crippen molar-refractivity contribution in [3.63, 3.8) is 0 Å². The predicted molar refractivity (Wildman–Crippen MR) is 88.3 cm³/mol. The molecular weight excluding hydrogens is 288 g/mol. The molecule has 23 heavy (non-hydrogen) atoms. The van der Waals surface area contributed by atoms with Crippen molar-refractivity contribution in [3.8, 4) is 0 Å². The zero-order valence-corrected chi connectivity index (χ0v) is 12.7. The van der Waals surface area contributed by atoms with E-state index in [-0.39, 0.29) is 11.8 Å². The highest BCUT2D eigenvalue weighted by Gasteiger charge is 2.39. The van der Waals surface area contributed by atoms with Crippen LogP contribution < -0.4 is 5.32 Å². The van der Waals surface area contributed by atoms with Crippen LogP contribution in [-0.4, -0.2) is 21.1 Å². The molecule has 1 amide bonds. The molecule has 0 aliphatic heterocycles. The number of carbonyl (C=O) groups excluding carboxylic acids is 1. The van der Waals surface area contributed by atoms with Gasteiger partial charge in [-0.05, 0) is 30.2 Å². The fourth-order valence-corrected chi connectivity index (χ4v) is 2.98. The van der Waals surface area contributed by atoms with Crippen LogP contribution in [0.5, 0.6) is 0 Å². The van der Waals surface area contributed by atoms with Gasteiger partial charge in [-0.15, -0.1) is 0 Å². The molecule has 0 radical (unpaired) electrons. The molecule has 5 nitrogen and oxygen atoms in total. The van der Waals surface area contributed by atoms with Crippen LogP contribution in [0.3, 0.4) is 0 Å². The first-order chi connectivity index (χ1) is 11.3. The third-order valence-electron chi connectivity index (χ3n) is 4.26. The molecule has 0 bridgehead atoms. The average molecular weight is 304 g/mol. The quantitative estimate of drug-likeness (QED) is 0.778. The monoisotopic (exact) mass is 304 g/mol. The third-order valence-corrected chi connectivity index (χ3v) is 4.26. The molecule has 1 aliphatic carbocycles. The number of benzene rings is 1. The number of H-pyrrole nitrogens is 1. The van der Waals surface area contributed by atoms with Crippen LogP contribution >= 0.6 is 0 Å². The number of rotatable bonds is 4. The lowest BCUT2D eigenvalue weighted by atomic mass is 10.1. The second-order valence-electron chi connectivity index (χ2n) is 5.69. The van der Waals surface area contributed by atoms with Crippen molar-refractivity contribution in [3.05, 3.63) is 65.5 Å². The summed E-state index contributed by atoms with van der Waals surface area (Å²) in [4.78, 5) is 16.6. The van der Waals surface area contributed by atoms with Gasteiger partial charge in [0.05, 0.1) is 18.2 Å². The van der Waals surface area contributed by atoms with Crippen LogP contribution in [-0.2, 0) is 11.3 Å². The van der Waals surface area contributed by atoms with Crippen molar-refractivity contribution in [2.75, 3.05) is 0 Å². The molecule has 1 atom stereocenters. The molecule has 114 valence electrons. The van der Waals surface area contributed by atoms with E-state index >= 15 is 0 Å². The summed E-state index contributed by atoms with van der Waals surface area (Å²) < 4.78 is 0. The molecule has 0 fully saturated rings. The maximum atomic E-state index is 12.4. The van der Waals surface area contributed by atoms with Gasteiger partial charge in [-0.2, -0.15) is 5.10 Å². The van der Waals surface area contributed by atoms with Crippen LogP contribution in [0, 0.1) is 5.92 Å². The maximum absolute atomic E-state index is 12.4. The second kappa shape index (κ2) is 5.35. The number of nitrogens with zero attached hydrogens (tertiary/aromatic N) is 2. The number of amides is 1. The van der Waals surface area contributed by atoms with E-state index in [1.54, 1.807) is 6.20 Å². The lowest BCUT2D eigenvalue weighted by Gasteiger charge is -2.05. The summed E-state index contributed by atoms with van der Waals surface area (Å²) in [6.07, 6.45) is 1.70. The SMILES string of the molecule is CC1=C(c2ccccc2)C1C(=O)NCc1[nH]nc2ncccc12. The highest BCUT2D eigenvalue weighted by atomic mass is 16.2. The van der Waals surface area contributed by atoms with Crippen LogP contribution in [0.15, 0.2) is 54.2 Å². The summed E-state index contributed by atoms with van der Waals surface area (Å²) in [5.74, 6) is -0.0716. The van der Waals surface area contributed by atoms with Gasteiger partial charge in [0.2, 0.25) is 5.91 Å². The largest absolute Gasteiger partial charge is 0.350 e. The Balaban J connectivity index is 1.44. The van der Waals surface area contributed by atoms with Gasteiger partial charge in [-0.3, -0.25) is 9.89 Å². The Morgan fingerprint density at radius 1 is 1.22 bits per heavy atom. The van der Waals surface area contributed by atoms with Gasteiger partial charge in [-0.25, -0.2) is 4.98 Å². The van der Waals surface area contributed by atoms with E-state index in [1.165, 1.54) is 0 Å². The summed E-state index contributed by atoms with van der Waals surface area (Å²) in [5, 5.41) is 11.0. The Hall–Kier alpha value is -2.95. The number of aromatic nitrogens is 3. The van der Waals surface area contributed by atoms with E-state index in [0.29, 0.717) is 12.2 Å². The molecule has 4 rings (SSSR count). The van der Waals surface area contributed by atoms with Crippen LogP contribution in [0.2, 0.25) is 0 Å². The van der Waals surface area contributed by atoms with Gasteiger partial charge >= 0.3 is 0 Å². The molecule has 2 heterocycles. The molecule has 3 aromatic rings. The molecule has 2 aromatic heterocycles. The smallest absolute Gasteiger partial charge is 0.232 e.